The summed E-state index contributed by atoms with van der Waals surface area (Å²) in [5.74, 6) is -0.797. The smallest absolute Gasteiger partial charge is 0.337 e. The number of esters is 1. The van der Waals surface area contributed by atoms with Crippen LogP contribution >= 0.6 is 0 Å². The maximum absolute atomic E-state index is 11.6. The van der Waals surface area contributed by atoms with Gasteiger partial charge in [0, 0.05) is 5.69 Å². The van der Waals surface area contributed by atoms with Crippen LogP contribution in [0.5, 0.6) is 0 Å². The number of carbonyl (C=O) groups is 2. The molecular weight excluding hydrogens is 256 g/mol. The Morgan fingerprint density at radius 1 is 1.35 bits per heavy atom. The Labute approximate surface area is 118 Å². The van der Waals surface area contributed by atoms with Crippen LogP contribution in [0.25, 0.3) is 0 Å². The molecule has 1 rings (SSSR count). The Morgan fingerprint density at radius 2 is 2.00 bits per heavy atom. The molecule has 0 heterocycles. The number of amides is 1. The van der Waals surface area contributed by atoms with E-state index in [4.69, 9.17) is 10.00 Å². The van der Waals surface area contributed by atoms with Gasteiger partial charge in [-0.25, -0.2) is 4.79 Å². The quantitative estimate of drug-likeness (QED) is 0.859. The van der Waals surface area contributed by atoms with Gasteiger partial charge in [-0.05, 0) is 29.2 Å². The van der Waals surface area contributed by atoms with Gasteiger partial charge in [0.05, 0.1) is 18.7 Å². The lowest BCUT2D eigenvalue weighted by molar-refractivity contribution is -0.115. The SMILES string of the molecule is COC(=O)c1ccc(NC(=O)CC#N)c(C(C)(C)C)c1. The maximum Gasteiger partial charge on any atom is 0.337 e. The highest BCUT2D eigenvalue weighted by atomic mass is 16.5. The largest absolute Gasteiger partial charge is 0.465 e. The molecule has 0 spiro atoms. The predicted molar refractivity (Wildman–Crippen MR) is 75.3 cm³/mol. The van der Waals surface area contributed by atoms with E-state index in [0.29, 0.717) is 11.3 Å². The van der Waals surface area contributed by atoms with Gasteiger partial charge in [0.2, 0.25) is 5.91 Å². The number of anilines is 1. The molecule has 1 aromatic rings. The average molecular weight is 274 g/mol. The monoisotopic (exact) mass is 274 g/mol. The third-order valence-corrected chi connectivity index (χ3v) is 2.76. The number of carbonyl (C=O) groups excluding carboxylic acids is 2. The topological polar surface area (TPSA) is 79.2 Å². The third kappa shape index (κ3) is 3.82. The fraction of sp³-hybridized carbons (Fsp3) is 0.400. The summed E-state index contributed by atoms with van der Waals surface area (Å²) in [6.45, 7) is 5.93. The first kappa shape index (κ1) is 15.7. The van der Waals surface area contributed by atoms with Crippen molar-refractivity contribution in [1.29, 1.82) is 5.26 Å². The Morgan fingerprint density at radius 3 is 2.50 bits per heavy atom. The van der Waals surface area contributed by atoms with Crippen molar-refractivity contribution in [3.8, 4) is 6.07 Å². The molecule has 0 saturated heterocycles. The summed E-state index contributed by atoms with van der Waals surface area (Å²) in [7, 11) is 1.32. The second-order valence-electron chi connectivity index (χ2n) is 5.39. The van der Waals surface area contributed by atoms with Gasteiger partial charge in [0.25, 0.3) is 0 Å². The second-order valence-corrected chi connectivity index (χ2v) is 5.39. The van der Waals surface area contributed by atoms with E-state index in [1.54, 1.807) is 24.3 Å². The van der Waals surface area contributed by atoms with Crippen molar-refractivity contribution >= 4 is 17.6 Å². The van der Waals surface area contributed by atoms with Crippen molar-refractivity contribution in [2.45, 2.75) is 32.6 Å². The minimum atomic E-state index is -0.426. The molecule has 0 aromatic heterocycles. The first-order valence-corrected chi connectivity index (χ1v) is 6.19. The summed E-state index contributed by atoms with van der Waals surface area (Å²) in [4.78, 5) is 23.1. The molecule has 0 saturated carbocycles. The van der Waals surface area contributed by atoms with E-state index in [9.17, 15) is 9.59 Å². The van der Waals surface area contributed by atoms with Crippen LogP contribution in [0.3, 0.4) is 0 Å². The Kier molecular flexibility index (Phi) is 4.87. The van der Waals surface area contributed by atoms with Crippen molar-refractivity contribution in [3.05, 3.63) is 29.3 Å². The summed E-state index contributed by atoms with van der Waals surface area (Å²) in [5.41, 5.74) is 1.58. The zero-order valence-corrected chi connectivity index (χ0v) is 12.1. The molecule has 0 aliphatic carbocycles. The minimum Gasteiger partial charge on any atom is -0.465 e. The number of nitrogens with zero attached hydrogens (tertiary/aromatic N) is 1. The zero-order valence-electron chi connectivity index (χ0n) is 12.1. The number of nitriles is 1. The van der Waals surface area contributed by atoms with Crippen molar-refractivity contribution in [3.63, 3.8) is 0 Å². The summed E-state index contributed by atoms with van der Waals surface area (Å²) in [6.07, 6.45) is -0.206. The first-order chi connectivity index (χ1) is 9.29. The van der Waals surface area contributed by atoms with E-state index in [1.165, 1.54) is 7.11 Å². The molecule has 0 atom stereocenters. The predicted octanol–water partition coefficient (Wildman–Crippen LogP) is 2.62. The number of benzene rings is 1. The highest BCUT2D eigenvalue weighted by Gasteiger charge is 2.21. The van der Waals surface area contributed by atoms with E-state index in [0.717, 1.165) is 5.56 Å². The van der Waals surface area contributed by atoms with Gasteiger partial charge in [0.1, 0.15) is 6.42 Å². The number of hydrogen-bond acceptors (Lipinski definition) is 4. The molecule has 1 N–H and O–H groups in total. The highest BCUT2D eigenvalue weighted by Crippen LogP contribution is 2.30. The van der Waals surface area contributed by atoms with Gasteiger partial charge >= 0.3 is 5.97 Å². The van der Waals surface area contributed by atoms with Crippen LogP contribution < -0.4 is 5.32 Å². The normalized spacial score (nSPS) is 10.6. The van der Waals surface area contributed by atoms with Crippen LogP contribution in [0.4, 0.5) is 5.69 Å². The molecule has 0 radical (unpaired) electrons. The molecule has 106 valence electrons. The van der Waals surface area contributed by atoms with Gasteiger partial charge < -0.3 is 10.1 Å². The lowest BCUT2D eigenvalue weighted by atomic mass is 9.84. The fourth-order valence-corrected chi connectivity index (χ4v) is 1.78. The Bertz CT molecular complexity index is 565. The number of ether oxygens (including phenoxy) is 1. The molecule has 5 heteroatoms. The van der Waals surface area contributed by atoms with Gasteiger partial charge in [-0.3, -0.25) is 4.79 Å². The summed E-state index contributed by atoms with van der Waals surface area (Å²) in [6, 6.07) is 6.74. The average Bonchev–Trinajstić information content (AvgIpc) is 2.37. The zero-order chi connectivity index (χ0) is 15.3. The van der Waals surface area contributed by atoms with Crippen LogP contribution in [0.15, 0.2) is 18.2 Å². The van der Waals surface area contributed by atoms with E-state index < -0.39 is 5.97 Å². The van der Waals surface area contributed by atoms with Crippen LogP contribution in [-0.4, -0.2) is 19.0 Å². The molecule has 0 bridgehead atoms. The van der Waals surface area contributed by atoms with E-state index >= 15 is 0 Å². The Hall–Kier alpha value is -2.35. The third-order valence-electron chi connectivity index (χ3n) is 2.76. The first-order valence-electron chi connectivity index (χ1n) is 6.19. The number of nitrogens with one attached hydrogen (secondary N) is 1. The number of methoxy groups -OCH3 is 1. The van der Waals surface area contributed by atoms with Gasteiger partial charge in [0.15, 0.2) is 0 Å². The molecule has 0 unspecified atom stereocenters. The fourth-order valence-electron chi connectivity index (χ4n) is 1.78. The number of rotatable bonds is 3. The molecule has 1 amide bonds. The summed E-state index contributed by atoms with van der Waals surface area (Å²) in [5, 5.41) is 11.2. The van der Waals surface area contributed by atoms with E-state index in [1.807, 2.05) is 20.8 Å². The molecule has 0 fully saturated rings. The van der Waals surface area contributed by atoms with E-state index in [-0.39, 0.29) is 17.7 Å². The van der Waals surface area contributed by atoms with Crippen molar-refractivity contribution in [2.75, 3.05) is 12.4 Å². The molecule has 0 aliphatic heterocycles. The van der Waals surface area contributed by atoms with Crippen LogP contribution in [0.1, 0.15) is 43.1 Å². The van der Waals surface area contributed by atoms with Gasteiger partial charge in [-0.1, -0.05) is 20.8 Å². The molecule has 5 nitrogen and oxygen atoms in total. The Balaban J connectivity index is 3.21. The van der Waals surface area contributed by atoms with Crippen molar-refractivity contribution in [2.24, 2.45) is 0 Å². The lowest BCUT2D eigenvalue weighted by Gasteiger charge is -2.23. The van der Waals surface area contributed by atoms with E-state index in [2.05, 4.69) is 5.32 Å². The summed E-state index contributed by atoms with van der Waals surface area (Å²) >= 11 is 0. The van der Waals surface area contributed by atoms with Crippen LogP contribution in [-0.2, 0) is 14.9 Å². The van der Waals surface area contributed by atoms with Gasteiger partial charge in [-0.2, -0.15) is 5.26 Å². The summed E-state index contributed by atoms with van der Waals surface area (Å²) < 4.78 is 4.69. The lowest BCUT2D eigenvalue weighted by Crippen LogP contribution is -2.19. The molecule has 20 heavy (non-hydrogen) atoms. The van der Waals surface area contributed by atoms with Crippen molar-refractivity contribution < 1.29 is 14.3 Å². The molecule has 0 aliphatic rings. The van der Waals surface area contributed by atoms with Gasteiger partial charge in [-0.15, -0.1) is 0 Å². The highest BCUT2D eigenvalue weighted by molar-refractivity contribution is 5.95. The number of hydrogen-bond donors (Lipinski definition) is 1. The molecule has 1 aromatic carbocycles. The van der Waals surface area contributed by atoms with Crippen LogP contribution in [0, 0.1) is 11.3 Å². The minimum absolute atomic E-state index is 0.206. The second kappa shape index (κ2) is 6.20. The standard InChI is InChI=1S/C15H18N2O3/c1-15(2,3)11-9-10(14(19)20-4)5-6-12(11)17-13(18)7-8-16/h5-6,9H,7H2,1-4H3,(H,17,18). The van der Waals surface area contributed by atoms with Crippen molar-refractivity contribution in [1.82, 2.24) is 0 Å². The van der Waals surface area contributed by atoms with Crippen LogP contribution in [0.2, 0.25) is 0 Å². The maximum atomic E-state index is 11.6. The molecular formula is C15H18N2O3.